The molecular weight excluding hydrogens is 252 g/mol. The quantitative estimate of drug-likeness (QED) is 0.611. The molecule has 1 aliphatic rings. The van der Waals surface area contributed by atoms with Crippen LogP contribution in [0, 0.1) is 5.41 Å². The first-order valence-corrected chi connectivity index (χ1v) is 7.13. The topological polar surface area (TPSA) is 65.6 Å². The van der Waals surface area contributed by atoms with Gasteiger partial charge < -0.3 is 15.4 Å². The molecule has 3 N–H and O–H groups in total. The summed E-state index contributed by atoms with van der Waals surface area (Å²) in [7, 11) is 1.69. The van der Waals surface area contributed by atoms with Gasteiger partial charge in [0.25, 0.3) is 0 Å². The molecule has 1 heterocycles. The molecule has 5 heteroatoms. The van der Waals surface area contributed by atoms with Crippen LogP contribution in [-0.2, 0) is 0 Å². The van der Waals surface area contributed by atoms with Crippen molar-refractivity contribution in [1.82, 2.24) is 4.90 Å². The smallest absolute Gasteiger partial charge is 0.119 e. The highest BCUT2D eigenvalue weighted by atomic mass is 16.5. The first-order valence-electron chi connectivity index (χ1n) is 7.13. The van der Waals surface area contributed by atoms with Gasteiger partial charge in [-0.3, -0.25) is 10.3 Å². The zero-order valence-electron chi connectivity index (χ0n) is 12.1. The number of nitrogens with two attached hydrogens (primary N) is 1. The van der Waals surface area contributed by atoms with Crippen LogP contribution in [0.25, 0.3) is 0 Å². The SMILES string of the molecule is COc1ccc(N2CCN(CCCC(=N)N)CC2)cc1. The van der Waals surface area contributed by atoms with Gasteiger partial charge in [-0.1, -0.05) is 0 Å². The minimum absolute atomic E-state index is 0.293. The fraction of sp³-hybridized carbons (Fsp3) is 0.533. The number of piperazine rings is 1. The van der Waals surface area contributed by atoms with E-state index < -0.39 is 0 Å². The summed E-state index contributed by atoms with van der Waals surface area (Å²) in [5.74, 6) is 1.19. The lowest BCUT2D eigenvalue weighted by molar-refractivity contribution is 0.256. The van der Waals surface area contributed by atoms with Crippen LogP contribution in [0.1, 0.15) is 12.8 Å². The van der Waals surface area contributed by atoms with Crippen LogP contribution in [-0.4, -0.2) is 50.6 Å². The Balaban J connectivity index is 1.77. The van der Waals surface area contributed by atoms with Gasteiger partial charge in [0, 0.05) is 38.3 Å². The van der Waals surface area contributed by atoms with Gasteiger partial charge in [0.2, 0.25) is 0 Å². The van der Waals surface area contributed by atoms with E-state index >= 15 is 0 Å². The third kappa shape index (κ3) is 4.13. The molecule has 0 unspecified atom stereocenters. The van der Waals surface area contributed by atoms with Crippen LogP contribution in [0.3, 0.4) is 0 Å². The molecule has 0 spiro atoms. The second-order valence-corrected chi connectivity index (χ2v) is 5.16. The van der Waals surface area contributed by atoms with Gasteiger partial charge in [-0.05, 0) is 37.2 Å². The normalized spacial score (nSPS) is 16.1. The van der Waals surface area contributed by atoms with Crippen molar-refractivity contribution in [2.24, 2.45) is 5.73 Å². The first-order chi connectivity index (χ1) is 9.69. The molecule has 0 saturated carbocycles. The van der Waals surface area contributed by atoms with Gasteiger partial charge in [-0.15, -0.1) is 0 Å². The molecule has 1 aromatic rings. The summed E-state index contributed by atoms with van der Waals surface area (Å²) in [5, 5.41) is 7.23. The second-order valence-electron chi connectivity index (χ2n) is 5.16. The van der Waals surface area contributed by atoms with Crippen LogP contribution in [0.4, 0.5) is 5.69 Å². The monoisotopic (exact) mass is 276 g/mol. The standard InChI is InChI=1S/C15H24N4O/c1-20-14-6-4-13(5-7-14)19-11-9-18(10-12-19)8-2-3-15(16)17/h4-7H,2-3,8-12H2,1H3,(H3,16,17). The predicted octanol–water partition coefficient (Wildman–Crippen LogP) is 1.53. The molecule has 0 atom stereocenters. The molecular formula is C15H24N4O. The van der Waals surface area contributed by atoms with Crippen molar-refractivity contribution < 1.29 is 4.74 Å². The largest absolute Gasteiger partial charge is 0.497 e. The lowest BCUT2D eigenvalue weighted by atomic mass is 10.2. The number of amidine groups is 1. The van der Waals surface area contributed by atoms with Gasteiger partial charge >= 0.3 is 0 Å². The van der Waals surface area contributed by atoms with E-state index in [9.17, 15) is 0 Å². The highest BCUT2D eigenvalue weighted by Gasteiger charge is 2.16. The maximum absolute atomic E-state index is 7.23. The Morgan fingerprint density at radius 2 is 1.85 bits per heavy atom. The third-order valence-corrected chi connectivity index (χ3v) is 3.73. The second kappa shape index (κ2) is 7.14. The number of ether oxygens (including phenoxy) is 1. The number of hydrogen-bond donors (Lipinski definition) is 2. The molecule has 0 aliphatic carbocycles. The highest BCUT2D eigenvalue weighted by Crippen LogP contribution is 2.20. The molecule has 0 bridgehead atoms. The number of anilines is 1. The van der Waals surface area contributed by atoms with Crippen LogP contribution >= 0.6 is 0 Å². The molecule has 2 rings (SSSR count). The van der Waals surface area contributed by atoms with Gasteiger partial charge in [-0.25, -0.2) is 0 Å². The molecule has 1 saturated heterocycles. The number of benzene rings is 1. The molecule has 0 aromatic heterocycles. The van der Waals surface area contributed by atoms with E-state index in [-0.39, 0.29) is 0 Å². The summed E-state index contributed by atoms with van der Waals surface area (Å²) in [6.45, 7) is 5.28. The van der Waals surface area contributed by atoms with Crippen molar-refractivity contribution in [2.45, 2.75) is 12.8 Å². The first kappa shape index (κ1) is 14.7. The number of nitrogens with zero attached hydrogens (tertiary/aromatic N) is 2. The van der Waals surface area contributed by atoms with E-state index in [1.165, 1.54) is 5.69 Å². The molecule has 5 nitrogen and oxygen atoms in total. The molecule has 110 valence electrons. The van der Waals surface area contributed by atoms with Crippen molar-refractivity contribution in [2.75, 3.05) is 44.7 Å². The Kier molecular flexibility index (Phi) is 5.24. The maximum atomic E-state index is 7.23. The van der Waals surface area contributed by atoms with Crippen LogP contribution < -0.4 is 15.4 Å². The van der Waals surface area contributed by atoms with Gasteiger partial charge in [0.05, 0.1) is 12.9 Å². The number of rotatable bonds is 6. The Bertz CT molecular complexity index is 424. The molecule has 1 aromatic carbocycles. The number of nitrogens with one attached hydrogen (secondary N) is 1. The summed E-state index contributed by atoms with van der Waals surface area (Å²) in [6, 6.07) is 8.25. The summed E-state index contributed by atoms with van der Waals surface area (Å²) >= 11 is 0. The van der Waals surface area contributed by atoms with Crippen LogP contribution in [0.15, 0.2) is 24.3 Å². The van der Waals surface area contributed by atoms with E-state index in [0.717, 1.165) is 44.9 Å². The minimum Gasteiger partial charge on any atom is -0.497 e. The van der Waals surface area contributed by atoms with Gasteiger partial charge in [0.15, 0.2) is 0 Å². The van der Waals surface area contributed by atoms with Crippen LogP contribution in [0.5, 0.6) is 5.75 Å². The average molecular weight is 276 g/mol. The lowest BCUT2D eigenvalue weighted by Gasteiger charge is -2.36. The highest BCUT2D eigenvalue weighted by molar-refractivity contribution is 5.76. The van der Waals surface area contributed by atoms with Crippen molar-refractivity contribution in [1.29, 1.82) is 5.41 Å². The summed E-state index contributed by atoms with van der Waals surface area (Å²) in [5.41, 5.74) is 6.63. The zero-order chi connectivity index (χ0) is 14.4. The Morgan fingerprint density at radius 1 is 1.20 bits per heavy atom. The number of methoxy groups -OCH3 is 1. The minimum atomic E-state index is 0.293. The van der Waals surface area contributed by atoms with Crippen molar-refractivity contribution >= 4 is 11.5 Å². The molecule has 1 aliphatic heterocycles. The van der Waals surface area contributed by atoms with E-state index in [1.54, 1.807) is 7.11 Å². The summed E-state index contributed by atoms with van der Waals surface area (Å²) < 4.78 is 5.18. The molecule has 20 heavy (non-hydrogen) atoms. The Hall–Kier alpha value is -1.75. The third-order valence-electron chi connectivity index (χ3n) is 3.73. The Morgan fingerprint density at radius 3 is 2.40 bits per heavy atom. The molecule has 0 amide bonds. The fourth-order valence-corrected chi connectivity index (χ4v) is 2.52. The van der Waals surface area contributed by atoms with Crippen LogP contribution in [0.2, 0.25) is 0 Å². The molecule has 1 fully saturated rings. The van der Waals surface area contributed by atoms with E-state index in [1.807, 2.05) is 12.1 Å². The average Bonchev–Trinajstić information content (AvgIpc) is 2.48. The predicted molar refractivity (Wildman–Crippen MR) is 82.8 cm³/mol. The van der Waals surface area contributed by atoms with Gasteiger partial charge in [-0.2, -0.15) is 0 Å². The molecule has 0 radical (unpaired) electrons. The van der Waals surface area contributed by atoms with Crippen molar-refractivity contribution in [3.8, 4) is 5.75 Å². The lowest BCUT2D eigenvalue weighted by Crippen LogP contribution is -2.46. The van der Waals surface area contributed by atoms with E-state index in [2.05, 4.69) is 21.9 Å². The summed E-state index contributed by atoms with van der Waals surface area (Å²) in [4.78, 5) is 4.85. The number of hydrogen-bond acceptors (Lipinski definition) is 4. The van der Waals surface area contributed by atoms with Crippen molar-refractivity contribution in [3.05, 3.63) is 24.3 Å². The van der Waals surface area contributed by atoms with Gasteiger partial charge in [0.1, 0.15) is 5.75 Å². The van der Waals surface area contributed by atoms with E-state index in [0.29, 0.717) is 12.3 Å². The van der Waals surface area contributed by atoms with Crippen molar-refractivity contribution in [3.63, 3.8) is 0 Å². The van der Waals surface area contributed by atoms with E-state index in [4.69, 9.17) is 15.9 Å². The summed E-state index contributed by atoms with van der Waals surface area (Å²) in [6.07, 6.45) is 1.69. The fourth-order valence-electron chi connectivity index (χ4n) is 2.52. The Labute approximate surface area is 120 Å². The maximum Gasteiger partial charge on any atom is 0.119 e. The zero-order valence-corrected chi connectivity index (χ0v) is 12.1.